The van der Waals surface area contributed by atoms with E-state index in [2.05, 4.69) is 4.74 Å². The second-order valence-electron chi connectivity index (χ2n) is 5.98. The van der Waals surface area contributed by atoms with Gasteiger partial charge in [0.2, 0.25) is 5.91 Å². The molecule has 23 heavy (non-hydrogen) atoms. The Kier molecular flexibility index (Phi) is 6.96. The zero-order valence-electron chi connectivity index (χ0n) is 13.9. The first-order valence-electron chi connectivity index (χ1n) is 8.12. The lowest BCUT2D eigenvalue weighted by Gasteiger charge is -2.31. The Hall–Kier alpha value is -1.49. The molecule has 2 rings (SSSR count). The molecule has 0 saturated heterocycles. The van der Waals surface area contributed by atoms with E-state index in [1.807, 2.05) is 24.1 Å². The van der Waals surface area contributed by atoms with Crippen molar-refractivity contribution in [1.82, 2.24) is 4.90 Å². The summed E-state index contributed by atoms with van der Waals surface area (Å²) in [5, 5.41) is 0. The van der Waals surface area contributed by atoms with Crippen LogP contribution in [0.1, 0.15) is 48.0 Å². The third-order valence-corrected chi connectivity index (χ3v) is 5.37. The van der Waals surface area contributed by atoms with Gasteiger partial charge < -0.3 is 9.64 Å². The molecule has 1 aromatic carbocycles. The number of rotatable bonds is 6. The first-order chi connectivity index (χ1) is 11.1. The Balaban J connectivity index is 1.75. The molecular weight excluding hydrogens is 310 g/mol. The van der Waals surface area contributed by atoms with Crippen molar-refractivity contribution < 1.29 is 14.3 Å². The number of nitrogens with zero attached hydrogens (tertiary/aromatic N) is 1. The van der Waals surface area contributed by atoms with Crippen molar-refractivity contribution in [2.45, 2.75) is 43.9 Å². The van der Waals surface area contributed by atoms with Gasteiger partial charge in [-0.25, -0.2) is 4.79 Å². The first kappa shape index (κ1) is 17.9. The van der Waals surface area contributed by atoms with Crippen LogP contribution < -0.4 is 0 Å². The number of benzene rings is 1. The predicted molar refractivity (Wildman–Crippen MR) is 93.6 cm³/mol. The maximum atomic E-state index is 12.3. The van der Waals surface area contributed by atoms with Crippen LogP contribution in [0.3, 0.4) is 0 Å². The van der Waals surface area contributed by atoms with E-state index in [1.54, 1.807) is 23.9 Å². The molecule has 0 aromatic heterocycles. The molecule has 0 unspecified atom stereocenters. The van der Waals surface area contributed by atoms with Gasteiger partial charge in [0.1, 0.15) is 0 Å². The lowest BCUT2D eigenvalue weighted by Crippen LogP contribution is -2.39. The first-order valence-corrected chi connectivity index (χ1v) is 9.28. The van der Waals surface area contributed by atoms with Crippen LogP contribution in [-0.4, -0.2) is 42.7 Å². The van der Waals surface area contributed by atoms with Gasteiger partial charge in [-0.15, -0.1) is 11.8 Å². The molecule has 0 aliphatic heterocycles. The lowest BCUT2D eigenvalue weighted by molar-refractivity contribution is -0.129. The summed E-state index contributed by atoms with van der Waals surface area (Å²) in [6.45, 7) is 0. The highest BCUT2D eigenvalue weighted by Crippen LogP contribution is 2.22. The van der Waals surface area contributed by atoms with E-state index in [9.17, 15) is 9.59 Å². The Bertz CT molecular complexity index is 524. The molecule has 0 spiro atoms. The van der Waals surface area contributed by atoms with Crippen LogP contribution in [0, 0.1) is 0 Å². The molecule has 0 heterocycles. The number of hydrogen-bond donors (Lipinski definition) is 0. The molecule has 1 amide bonds. The van der Waals surface area contributed by atoms with E-state index in [4.69, 9.17) is 0 Å². The number of hydrogen-bond acceptors (Lipinski definition) is 4. The average molecular weight is 335 g/mol. The zero-order valence-corrected chi connectivity index (χ0v) is 14.7. The fraction of sp³-hybridized carbons (Fsp3) is 0.556. The highest BCUT2D eigenvalue weighted by molar-refractivity contribution is 7.99. The third kappa shape index (κ3) is 5.27. The van der Waals surface area contributed by atoms with Crippen molar-refractivity contribution in [2.24, 2.45) is 0 Å². The van der Waals surface area contributed by atoms with Crippen molar-refractivity contribution >= 4 is 23.6 Å². The summed E-state index contributed by atoms with van der Waals surface area (Å²) >= 11 is 1.62. The van der Waals surface area contributed by atoms with Crippen LogP contribution in [0.5, 0.6) is 0 Å². The molecule has 0 bridgehead atoms. The number of methoxy groups -OCH3 is 1. The highest BCUT2D eigenvalue weighted by Gasteiger charge is 2.21. The average Bonchev–Trinajstić information content (AvgIpc) is 2.61. The lowest BCUT2D eigenvalue weighted by atomic mass is 9.94. The minimum absolute atomic E-state index is 0.216. The summed E-state index contributed by atoms with van der Waals surface area (Å²) < 4.78 is 4.68. The molecular formula is C18H25NO3S. The van der Waals surface area contributed by atoms with E-state index in [0.29, 0.717) is 17.4 Å². The summed E-state index contributed by atoms with van der Waals surface area (Å²) in [6.07, 6.45) is 6.06. The molecule has 0 N–H and O–H groups in total. The Morgan fingerprint density at radius 1 is 1.17 bits per heavy atom. The van der Waals surface area contributed by atoms with Crippen LogP contribution in [0.2, 0.25) is 0 Å². The van der Waals surface area contributed by atoms with Crippen LogP contribution in [0.4, 0.5) is 0 Å². The fourth-order valence-corrected chi connectivity index (χ4v) is 3.79. The van der Waals surface area contributed by atoms with E-state index in [1.165, 1.54) is 26.4 Å². The van der Waals surface area contributed by atoms with Gasteiger partial charge in [-0.05, 0) is 30.5 Å². The van der Waals surface area contributed by atoms with Gasteiger partial charge in [0.25, 0.3) is 0 Å². The maximum absolute atomic E-state index is 12.3. The van der Waals surface area contributed by atoms with Crippen LogP contribution in [0.25, 0.3) is 0 Å². The van der Waals surface area contributed by atoms with Crippen molar-refractivity contribution in [1.29, 1.82) is 0 Å². The predicted octanol–water partition coefficient (Wildman–Crippen LogP) is 3.50. The maximum Gasteiger partial charge on any atom is 0.337 e. The van der Waals surface area contributed by atoms with Gasteiger partial charge in [0, 0.05) is 18.8 Å². The molecule has 1 aliphatic rings. The second-order valence-corrected chi connectivity index (χ2v) is 6.96. The minimum atomic E-state index is -0.325. The fourth-order valence-electron chi connectivity index (χ4n) is 2.88. The van der Waals surface area contributed by atoms with Crippen molar-refractivity contribution in [3.05, 3.63) is 35.4 Å². The van der Waals surface area contributed by atoms with Crippen molar-refractivity contribution in [3.8, 4) is 0 Å². The second kappa shape index (κ2) is 8.96. The Labute approximate surface area is 142 Å². The smallest absolute Gasteiger partial charge is 0.337 e. The van der Waals surface area contributed by atoms with Gasteiger partial charge in [-0.3, -0.25) is 4.79 Å². The number of ether oxygens (including phenoxy) is 1. The van der Waals surface area contributed by atoms with Crippen LogP contribution in [0.15, 0.2) is 24.3 Å². The summed E-state index contributed by atoms with van der Waals surface area (Å²) in [6, 6.07) is 7.77. The Morgan fingerprint density at radius 3 is 2.43 bits per heavy atom. The van der Waals surface area contributed by atoms with Crippen LogP contribution in [-0.2, 0) is 15.3 Å². The zero-order chi connectivity index (χ0) is 16.7. The summed E-state index contributed by atoms with van der Waals surface area (Å²) in [7, 11) is 3.31. The molecule has 1 aromatic rings. The van der Waals surface area contributed by atoms with Gasteiger partial charge in [-0.1, -0.05) is 31.4 Å². The monoisotopic (exact) mass is 335 g/mol. The molecule has 126 valence electrons. The molecule has 1 saturated carbocycles. The van der Waals surface area contributed by atoms with Gasteiger partial charge >= 0.3 is 5.97 Å². The number of amides is 1. The van der Waals surface area contributed by atoms with E-state index < -0.39 is 0 Å². The molecule has 0 radical (unpaired) electrons. The summed E-state index contributed by atoms with van der Waals surface area (Å²) in [5.41, 5.74) is 1.66. The van der Waals surface area contributed by atoms with Crippen LogP contribution >= 0.6 is 11.8 Å². The summed E-state index contributed by atoms with van der Waals surface area (Å²) in [4.78, 5) is 25.6. The van der Waals surface area contributed by atoms with Crippen molar-refractivity contribution in [3.63, 3.8) is 0 Å². The third-order valence-electron chi connectivity index (χ3n) is 4.39. The van der Waals surface area contributed by atoms with Gasteiger partial charge in [0.15, 0.2) is 0 Å². The summed E-state index contributed by atoms with van der Waals surface area (Å²) in [5.74, 6) is 1.17. The number of carbonyl (C=O) groups is 2. The van der Waals surface area contributed by atoms with E-state index in [0.717, 1.165) is 24.2 Å². The minimum Gasteiger partial charge on any atom is -0.465 e. The van der Waals surface area contributed by atoms with E-state index >= 15 is 0 Å². The normalized spacial score (nSPS) is 15.2. The standard InChI is InChI=1S/C18H25NO3S/c1-19(16-6-4-3-5-7-16)17(20)13-23-12-14-8-10-15(11-9-14)18(21)22-2/h8-11,16H,3-7,12-13H2,1-2H3. The molecule has 1 fully saturated rings. The molecule has 0 atom stereocenters. The van der Waals surface area contributed by atoms with Gasteiger partial charge in [0.05, 0.1) is 18.4 Å². The SMILES string of the molecule is COC(=O)c1ccc(CSCC(=O)N(C)C2CCCCC2)cc1. The number of carbonyl (C=O) groups excluding carboxylic acids is 2. The molecule has 1 aliphatic carbocycles. The number of thioether (sulfide) groups is 1. The largest absolute Gasteiger partial charge is 0.465 e. The highest BCUT2D eigenvalue weighted by atomic mass is 32.2. The number of esters is 1. The Morgan fingerprint density at radius 2 is 1.83 bits per heavy atom. The van der Waals surface area contributed by atoms with Gasteiger partial charge in [-0.2, -0.15) is 0 Å². The molecule has 5 heteroatoms. The quantitative estimate of drug-likeness (QED) is 0.747. The topological polar surface area (TPSA) is 46.6 Å². The van der Waals surface area contributed by atoms with Crippen molar-refractivity contribution in [2.75, 3.05) is 19.9 Å². The van der Waals surface area contributed by atoms with E-state index in [-0.39, 0.29) is 11.9 Å². The molecule has 4 nitrogen and oxygen atoms in total.